The van der Waals surface area contributed by atoms with Crippen LogP contribution in [0, 0.1) is 11.3 Å². The standard InChI is InChI=1S/C23H27F3N2O/c1-15-6-5-13-22(3,4)20(15)12-11-19-14-21(28(27-19)16(2)29)17-7-9-18(10-8-17)23(24,25)26/h6-12,20-21H,5,13-14H2,1-4H3. The van der Waals surface area contributed by atoms with Crippen molar-refractivity contribution in [1.82, 2.24) is 5.01 Å². The summed E-state index contributed by atoms with van der Waals surface area (Å²) in [5, 5.41) is 5.82. The number of allylic oxidation sites excluding steroid dienone is 4. The van der Waals surface area contributed by atoms with Crippen molar-refractivity contribution in [2.75, 3.05) is 0 Å². The van der Waals surface area contributed by atoms with Gasteiger partial charge in [-0.15, -0.1) is 0 Å². The second kappa shape index (κ2) is 7.81. The Hall–Kier alpha value is -2.37. The molecule has 2 unspecified atom stereocenters. The van der Waals surface area contributed by atoms with E-state index in [1.807, 2.05) is 6.08 Å². The van der Waals surface area contributed by atoms with Crippen LogP contribution in [0.3, 0.4) is 0 Å². The highest BCUT2D eigenvalue weighted by Gasteiger charge is 2.34. The molecule has 0 radical (unpaired) electrons. The van der Waals surface area contributed by atoms with Crippen LogP contribution in [0.15, 0.2) is 53.2 Å². The monoisotopic (exact) mass is 404 g/mol. The minimum absolute atomic E-state index is 0.154. The van der Waals surface area contributed by atoms with Gasteiger partial charge in [-0.1, -0.05) is 43.7 Å². The summed E-state index contributed by atoms with van der Waals surface area (Å²) in [7, 11) is 0. The number of nitrogens with zero attached hydrogens (tertiary/aromatic N) is 2. The zero-order valence-corrected chi connectivity index (χ0v) is 17.3. The Kier molecular flexibility index (Phi) is 5.74. The lowest BCUT2D eigenvalue weighted by Crippen LogP contribution is -2.26. The van der Waals surface area contributed by atoms with E-state index in [1.165, 1.54) is 29.6 Å². The first-order valence-electron chi connectivity index (χ1n) is 9.88. The second-order valence-corrected chi connectivity index (χ2v) is 8.61. The fourth-order valence-corrected chi connectivity index (χ4v) is 4.27. The summed E-state index contributed by atoms with van der Waals surface area (Å²) in [4.78, 5) is 12.1. The van der Waals surface area contributed by atoms with Crippen molar-refractivity contribution in [3.05, 3.63) is 59.2 Å². The third kappa shape index (κ3) is 4.62. The minimum Gasteiger partial charge on any atom is -0.273 e. The Morgan fingerprint density at radius 3 is 2.45 bits per heavy atom. The van der Waals surface area contributed by atoms with E-state index < -0.39 is 11.7 Å². The summed E-state index contributed by atoms with van der Waals surface area (Å²) < 4.78 is 38.5. The summed E-state index contributed by atoms with van der Waals surface area (Å²) in [5.41, 5.74) is 2.20. The SMILES string of the molecule is CC(=O)N1N=C(C=CC2C(C)=CCCC2(C)C)CC1c1ccc(C(F)(F)F)cc1. The van der Waals surface area contributed by atoms with Gasteiger partial charge in [0.15, 0.2) is 0 Å². The molecule has 1 aromatic carbocycles. The number of hydrazone groups is 1. The van der Waals surface area contributed by atoms with Crippen LogP contribution in [-0.2, 0) is 11.0 Å². The summed E-state index contributed by atoms with van der Waals surface area (Å²) >= 11 is 0. The molecule has 156 valence electrons. The van der Waals surface area contributed by atoms with Gasteiger partial charge in [0.2, 0.25) is 5.91 Å². The molecule has 6 heteroatoms. The van der Waals surface area contributed by atoms with E-state index in [-0.39, 0.29) is 17.4 Å². The van der Waals surface area contributed by atoms with Gasteiger partial charge in [-0.3, -0.25) is 4.79 Å². The number of halogens is 3. The summed E-state index contributed by atoms with van der Waals surface area (Å²) in [6, 6.07) is 4.59. The number of benzene rings is 1. The quantitative estimate of drug-likeness (QED) is 0.545. The fourth-order valence-electron chi connectivity index (χ4n) is 4.27. The molecule has 1 aliphatic heterocycles. The Labute approximate surface area is 170 Å². The van der Waals surface area contributed by atoms with E-state index >= 15 is 0 Å². The zero-order chi connectivity index (χ0) is 21.4. The second-order valence-electron chi connectivity index (χ2n) is 8.61. The maximum Gasteiger partial charge on any atom is 0.416 e. The van der Waals surface area contributed by atoms with E-state index in [0.717, 1.165) is 30.7 Å². The van der Waals surface area contributed by atoms with Crippen LogP contribution in [0.25, 0.3) is 0 Å². The molecule has 0 spiro atoms. The summed E-state index contributed by atoms with van der Waals surface area (Å²) in [5.74, 6) is 0.0715. The van der Waals surface area contributed by atoms with Crippen molar-refractivity contribution < 1.29 is 18.0 Å². The molecule has 1 aromatic rings. The molecule has 0 N–H and O–H groups in total. The van der Waals surface area contributed by atoms with Gasteiger partial charge in [0.1, 0.15) is 0 Å². The number of amides is 1. The van der Waals surface area contributed by atoms with E-state index in [2.05, 4.69) is 38.0 Å². The molecule has 29 heavy (non-hydrogen) atoms. The normalized spacial score (nSPS) is 24.6. The average molecular weight is 404 g/mol. The zero-order valence-electron chi connectivity index (χ0n) is 17.3. The lowest BCUT2D eigenvalue weighted by atomic mass is 9.68. The van der Waals surface area contributed by atoms with Crippen LogP contribution in [-0.4, -0.2) is 16.6 Å². The molecule has 0 aromatic heterocycles. The van der Waals surface area contributed by atoms with Crippen molar-refractivity contribution in [1.29, 1.82) is 0 Å². The molecule has 2 atom stereocenters. The van der Waals surface area contributed by atoms with Gasteiger partial charge in [-0.05, 0) is 49.0 Å². The van der Waals surface area contributed by atoms with Crippen LogP contribution in [0.2, 0.25) is 0 Å². The molecule has 1 heterocycles. The van der Waals surface area contributed by atoms with Crippen molar-refractivity contribution >= 4 is 11.6 Å². The first-order chi connectivity index (χ1) is 13.5. The number of hydrogen-bond donors (Lipinski definition) is 0. The van der Waals surface area contributed by atoms with Crippen LogP contribution < -0.4 is 0 Å². The molecule has 0 bridgehead atoms. The molecule has 0 saturated heterocycles. The topological polar surface area (TPSA) is 32.7 Å². The van der Waals surface area contributed by atoms with Gasteiger partial charge in [0.05, 0.1) is 17.3 Å². The molecular formula is C23H27F3N2O. The Balaban J connectivity index is 1.81. The first kappa shape index (κ1) is 21.3. The summed E-state index contributed by atoms with van der Waals surface area (Å²) in [6.07, 6.45) is 4.68. The van der Waals surface area contributed by atoms with E-state index in [0.29, 0.717) is 17.9 Å². The van der Waals surface area contributed by atoms with Crippen molar-refractivity contribution in [3.8, 4) is 0 Å². The number of carbonyl (C=O) groups is 1. The lowest BCUT2D eigenvalue weighted by Gasteiger charge is -2.36. The molecule has 3 nitrogen and oxygen atoms in total. The predicted octanol–water partition coefficient (Wildman–Crippen LogP) is 6.29. The lowest BCUT2D eigenvalue weighted by molar-refractivity contribution is -0.137. The van der Waals surface area contributed by atoms with Crippen LogP contribution in [0.5, 0.6) is 0 Å². The van der Waals surface area contributed by atoms with Gasteiger partial charge in [-0.25, -0.2) is 5.01 Å². The van der Waals surface area contributed by atoms with Gasteiger partial charge >= 0.3 is 6.18 Å². The fraction of sp³-hybridized carbons (Fsp3) is 0.478. The molecule has 1 amide bonds. The number of carbonyl (C=O) groups excluding carboxylic acids is 1. The minimum atomic E-state index is -4.38. The van der Waals surface area contributed by atoms with Gasteiger partial charge in [-0.2, -0.15) is 18.3 Å². The molecule has 0 saturated carbocycles. The highest BCUT2D eigenvalue weighted by Crippen LogP contribution is 2.42. The number of rotatable bonds is 3. The van der Waals surface area contributed by atoms with Crippen LogP contribution in [0.4, 0.5) is 13.2 Å². The van der Waals surface area contributed by atoms with Crippen molar-refractivity contribution in [3.63, 3.8) is 0 Å². The van der Waals surface area contributed by atoms with Crippen LogP contribution in [0.1, 0.15) is 64.1 Å². The molecule has 2 aliphatic rings. The maximum absolute atomic E-state index is 12.8. The number of hydrogen-bond acceptors (Lipinski definition) is 2. The van der Waals surface area contributed by atoms with Gasteiger partial charge in [0, 0.05) is 19.3 Å². The Bertz CT molecular complexity index is 863. The van der Waals surface area contributed by atoms with E-state index in [1.54, 1.807) is 0 Å². The highest BCUT2D eigenvalue weighted by atomic mass is 19.4. The molecular weight excluding hydrogens is 377 g/mol. The van der Waals surface area contributed by atoms with Crippen molar-refractivity contribution in [2.24, 2.45) is 16.4 Å². The smallest absolute Gasteiger partial charge is 0.273 e. The van der Waals surface area contributed by atoms with Gasteiger partial charge in [0.25, 0.3) is 0 Å². The third-order valence-corrected chi connectivity index (χ3v) is 5.95. The third-order valence-electron chi connectivity index (χ3n) is 5.95. The summed E-state index contributed by atoms with van der Waals surface area (Å²) in [6.45, 7) is 8.06. The largest absolute Gasteiger partial charge is 0.416 e. The molecule has 1 aliphatic carbocycles. The van der Waals surface area contributed by atoms with E-state index in [4.69, 9.17) is 0 Å². The Morgan fingerprint density at radius 1 is 1.24 bits per heavy atom. The van der Waals surface area contributed by atoms with Crippen molar-refractivity contribution in [2.45, 2.75) is 59.2 Å². The molecule has 0 fully saturated rings. The average Bonchev–Trinajstić information content (AvgIpc) is 3.05. The van der Waals surface area contributed by atoms with Crippen LogP contribution >= 0.6 is 0 Å². The molecule has 3 rings (SSSR count). The van der Waals surface area contributed by atoms with E-state index in [9.17, 15) is 18.0 Å². The first-order valence-corrected chi connectivity index (χ1v) is 9.88. The Morgan fingerprint density at radius 2 is 1.90 bits per heavy atom. The highest BCUT2D eigenvalue weighted by molar-refractivity contribution is 5.98. The van der Waals surface area contributed by atoms with Gasteiger partial charge < -0.3 is 0 Å². The number of alkyl halides is 3. The maximum atomic E-state index is 12.8. The predicted molar refractivity (Wildman–Crippen MR) is 108 cm³/mol.